The van der Waals surface area contributed by atoms with Crippen LogP contribution in [0, 0.1) is 16.0 Å². The predicted octanol–water partition coefficient (Wildman–Crippen LogP) is 2.06. The summed E-state index contributed by atoms with van der Waals surface area (Å²) in [7, 11) is 0. The second kappa shape index (κ2) is 31.2. The van der Waals surface area contributed by atoms with Crippen LogP contribution < -0.4 is 32.2 Å². The topological polar surface area (TPSA) is 273 Å². The quantitative estimate of drug-likeness (QED) is 0.0226. The van der Waals surface area contributed by atoms with Gasteiger partial charge in [0.2, 0.25) is 17.7 Å². The van der Waals surface area contributed by atoms with Crippen molar-refractivity contribution >= 4 is 35.3 Å². The first-order valence-corrected chi connectivity index (χ1v) is 19.5. The number of non-ortho nitro benzene ring substituents is 1. The Balaban J connectivity index is 1.65. The molecule has 0 aliphatic heterocycles. The van der Waals surface area contributed by atoms with Crippen molar-refractivity contribution in [3.8, 4) is 5.75 Å². The van der Waals surface area contributed by atoms with Crippen LogP contribution in [0.4, 0.5) is 16.2 Å². The van der Waals surface area contributed by atoms with Crippen molar-refractivity contribution in [1.82, 2.24) is 10.6 Å². The van der Waals surface area contributed by atoms with Gasteiger partial charge in [-0.15, -0.1) is 0 Å². The standard InChI is InChI=1S/C39H60N6O14/c1-29(2)36(44-35(46)13-16-52-18-20-54-22-24-56-26-27-57-25-23-55-21-19-53-17-15-41)38(48)43-34(4-3-14-40)37(47)42-31-7-5-30(6-8-31)28-58-39(49)59-33-11-9-32(10-12-33)45(50)51/h5-12,29,34,36H,3-4,13-28,40-41H2,1-2H3,(H,42,47)(H,43,48)(H,44,46)/t34-,36-/m0/s1. The van der Waals surface area contributed by atoms with Gasteiger partial charge in [-0.2, -0.15) is 0 Å². The van der Waals surface area contributed by atoms with Crippen molar-refractivity contribution in [2.24, 2.45) is 17.4 Å². The molecular weight excluding hydrogens is 776 g/mol. The Hall–Kier alpha value is -4.80. The molecule has 20 nitrogen and oxygen atoms in total. The Morgan fingerprint density at radius 3 is 1.69 bits per heavy atom. The summed E-state index contributed by atoms with van der Waals surface area (Å²) in [6, 6.07) is 9.56. The molecule has 0 unspecified atom stereocenters. The SMILES string of the molecule is CC(C)[C@H](NC(=O)CCOCCOCCOCCOCCOCCOCCN)C(=O)N[C@@H](CCCN)C(=O)Nc1ccc(COC(=O)Oc2ccc([N+](=O)[O-])cc2)cc1. The van der Waals surface area contributed by atoms with Gasteiger partial charge in [-0.3, -0.25) is 24.5 Å². The van der Waals surface area contributed by atoms with Crippen molar-refractivity contribution in [2.45, 2.75) is 51.8 Å². The monoisotopic (exact) mass is 836 g/mol. The Bertz CT molecular complexity index is 1500. The number of anilines is 1. The molecule has 0 aliphatic carbocycles. The van der Waals surface area contributed by atoms with Crippen molar-refractivity contribution in [2.75, 3.05) is 97.7 Å². The van der Waals surface area contributed by atoms with E-state index in [0.717, 1.165) is 0 Å². The van der Waals surface area contributed by atoms with E-state index in [1.54, 1.807) is 38.1 Å². The summed E-state index contributed by atoms with van der Waals surface area (Å²) >= 11 is 0. The van der Waals surface area contributed by atoms with Crippen LogP contribution in [-0.2, 0) is 54.1 Å². The number of carbonyl (C=O) groups excluding carboxylic acids is 4. The molecule has 0 heterocycles. The van der Waals surface area contributed by atoms with Crippen molar-refractivity contribution in [1.29, 1.82) is 0 Å². The number of nitro groups is 1. The minimum absolute atomic E-state index is 0.0197. The fraction of sp³-hybridized carbons (Fsp3) is 0.590. The number of nitro benzene ring substituents is 1. The smallest absolute Gasteiger partial charge is 0.429 e. The maximum Gasteiger partial charge on any atom is 0.514 e. The molecule has 0 spiro atoms. The number of nitrogens with zero attached hydrogens (tertiary/aromatic N) is 1. The van der Waals surface area contributed by atoms with Crippen LogP contribution in [0.15, 0.2) is 48.5 Å². The summed E-state index contributed by atoms with van der Waals surface area (Å²) in [6.07, 6.45) is -0.269. The zero-order valence-corrected chi connectivity index (χ0v) is 33.9. The van der Waals surface area contributed by atoms with Crippen molar-refractivity contribution in [3.63, 3.8) is 0 Å². The van der Waals surface area contributed by atoms with Crippen LogP contribution in [0.3, 0.4) is 0 Å². The van der Waals surface area contributed by atoms with Gasteiger partial charge in [-0.05, 0) is 55.1 Å². The average molecular weight is 837 g/mol. The minimum Gasteiger partial charge on any atom is -0.429 e. The molecule has 0 aromatic heterocycles. The van der Waals surface area contributed by atoms with Gasteiger partial charge in [0, 0.05) is 30.8 Å². The van der Waals surface area contributed by atoms with E-state index in [0.29, 0.717) is 96.8 Å². The molecule has 3 amide bonds. The molecule has 0 bridgehead atoms. The van der Waals surface area contributed by atoms with Gasteiger partial charge in [0.05, 0.1) is 84.2 Å². The van der Waals surface area contributed by atoms with E-state index in [1.165, 1.54) is 24.3 Å². The molecule has 2 aromatic carbocycles. The Morgan fingerprint density at radius 1 is 0.678 bits per heavy atom. The highest BCUT2D eigenvalue weighted by Crippen LogP contribution is 2.18. The van der Waals surface area contributed by atoms with Gasteiger partial charge in [-0.25, -0.2) is 4.79 Å². The summed E-state index contributed by atoms with van der Waals surface area (Å²) in [5.74, 6) is -1.59. The van der Waals surface area contributed by atoms with E-state index in [1.807, 2.05) is 0 Å². The van der Waals surface area contributed by atoms with Gasteiger partial charge in [0.15, 0.2) is 0 Å². The summed E-state index contributed by atoms with van der Waals surface area (Å²) in [4.78, 5) is 61.6. The molecule has 0 fully saturated rings. The molecule has 2 aromatic rings. The predicted molar refractivity (Wildman–Crippen MR) is 215 cm³/mol. The lowest BCUT2D eigenvalue weighted by Gasteiger charge is -2.25. The first kappa shape index (κ1) is 50.3. The third kappa shape index (κ3) is 23.4. The number of rotatable bonds is 33. The summed E-state index contributed by atoms with van der Waals surface area (Å²) < 4.78 is 42.6. The average Bonchev–Trinajstić information content (AvgIpc) is 3.22. The fourth-order valence-corrected chi connectivity index (χ4v) is 4.90. The summed E-state index contributed by atoms with van der Waals surface area (Å²) in [5, 5.41) is 19.1. The molecule has 0 radical (unpaired) electrons. The first-order valence-electron chi connectivity index (χ1n) is 19.5. The maximum atomic E-state index is 13.3. The summed E-state index contributed by atoms with van der Waals surface area (Å²) in [6.45, 7) is 9.03. The van der Waals surface area contributed by atoms with Gasteiger partial charge in [0.1, 0.15) is 24.4 Å². The van der Waals surface area contributed by atoms with Crippen LogP contribution >= 0.6 is 0 Å². The number of hydrogen-bond acceptors (Lipinski definition) is 16. The number of nitrogens with one attached hydrogen (secondary N) is 3. The first-order chi connectivity index (χ1) is 28.5. The number of amides is 3. The van der Waals surface area contributed by atoms with E-state index in [2.05, 4.69) is 16.0 Å². The second-order valence-electron chi connectivity index (χ2n) is 13.1. The highest BCUT2D eigenvalue weighted by atomic mass is 16.7. The molecule has 2 atom stereocenters. The number of carbonyl (C=O) groups is 4. The largest absolute Gasteiger partial charge is 0.514 e. The third-order valence-corrected chi connectivity index (χ3v) is 8.02. The lowest BCUT2D eigenvalue weighted by molar-refractivity contribution is -0.384. The zero-order chi connectivity index (χ0) is 43.1. The van der Waals surface area contributed by atoms with Gasteiger partial charge >= 0.3 is 6.16 Å². The molecule has 7 N–H and O–H groups in total. The Labute approximate surface area is 344 Å². The van der Waals surface area contributed by atoms with E-state index in [9.17, 15) is 29.3 Å². The van der Waals surface area contributed by atoms with Gasteiger partial charge < -0.3 is 65.3 Å². The molecule has 0 saturated carbocycles. The number of hydrogen-bond donors (Lipinski definition) is 5. The third-order valence-electron chi connectivity index (χ3n) is 8.02. The molecule has 330 valence electrons. The van der Waals surface area contributed by atoms with Crippen LogP contribution in [-0.4, -0.2) is 133 Å². The zero-order valence-electron chi connectivity index (χ0n) is 33.9. The molecule has 20 heteroatoms. The normalized spacial score (nSPS) is 12.1. The fourth-order valence-electron chi connectivity index (χ4n) is 4.90. The second-order valence-corrected chi connectivity index (χ2v) is 13.1. The van der Waals surface area contributed by atoms with Crippen molar-refractivity contribution < 1.29 is 62.0 Å². The molecule has 59 heavy (non-hydrogen) atoms. The van der Waals surface area contributed by atoms with Crippen LogP contribution in [0.2, 0.25) is 0 Å². The van der Waals surface area contributed by atoms with Gasteiger partial charge in [-0.1, -0.05) is 26.0 Å². The Morgan fingerprint density at radius 2 is 1.20 bits per heavy atom. The lowest BCUT2D eigenvalue weighted by atomic mass is 10.0. The van der Waals surface area contributed by atoms with Crippen LogP contribution in [0.25, 0.3) is 0 Å². The number of ether oxygens (including phenoxy) is 8. The molecule has 0 aliphatic rings. The minimum atomic E-state index is -1.00. The molecular formula is C39H60N6O14. The molecule has 0 saturated heterocycles. The van der Waals surface area contributed by atoms with Crippen LogP contribution in [0.1, 0.15) is 38.7 Å². The van der Waals surface area contributed by atoms with E-state index in [4.69, 9.17) is 49.4 Å². The van der Waals surface area contributed by atoms with E-state index >= 15 is 0 Å². The molecule has 2 rings (SSSR count). The number of benzene rings is 2. The highest BCUT2D eigenvalue weighted by molar-refractivity contribution is 5.98. The van der Waals surface area contributed by atoms with Crippen LogP contribution in [0.5, 0.6) is 5.75 Å². The number of nitrogens with two attached hydrogens (primary N) is 2. The van der Waals surface area contributed by atoms with Crippen molar-refractivity contribution in [3.05, 3.63) is 64.2 Å². The maximum absolute atomic E-state index is 13.3. The Kier molecular flexibility index (Phi) is 26.6. The van der Waals surface area contributed by atoms with Gasteiger partial charge in [0.25, 0.3) is 5.69 Å². The van der Waals surface area contributed by atoms with E-state index < -0.39 is 35.0 Å². The van der Waals surface area contributed by atoms with E-state index in [-0.39, 0.29) is 55.9 Å². The summed E-state index contributed by atoms with van der Waals surface area (Å²) in [5.41, 5.74) is 11.9. The highest BCUT2D eigenvalue weighted by Gasteiger charge is 2.28. The lowest BCUT2D eigenvalue weighted by Crippen LogP contribution is -2.54.